The Morgan fingerprint density at radius 3 is 0.618 bits per heavy atom. The number of hydrogen-bond donors (Lipinski definition) is 0. The number of aromatic nitrogens is 4. The fourth-order valence-electron chi connectivity index (χ4n) is 2.06. The standard InChI is InChI=1S/2C10H8N2.4Cu.6H2O/c2*1-3-7-11-9(5-1)10-6-2-4-8-12-10;;;;;;;;;;/h2*1-8H;;;;;6*1H2/q;;;;2*+1;;;;;;. The van der Waals surface area contributed by atoms with Gasteiger partial charge in [-0.2, -0.15) is 0 Å². The Balaban J connectivity index is -0.0000000512. The van der Waals surface area contributed by atoms with E-state index in [1.807, 2.05) is 72.8 Å². The van der Waals surface area contributed by atoms with Crippen molar-refractivity contribution in [3.8, 4) is 22.8 Å². The van der Waals surface area contributed by atoms with E-state index in [2.05, 4.69) is 19.9 Å². The van der Waals surface area contributed by atoms with Crippen LogP contribution in [0.25, 0.3) is 22.8 Å². The molecule has 0 saturated heterocycles. The van der Waals surface area contributed by atoms with E-state index in [0.29, 0.717) is 0 Å². The maximum Gasteiger partial charge on any atom is 1.00 e. The van der Waals surface area contributed by atoms with Crippen molar-refractivity contribution in [3.05, 3.63) is 97.6 Å². The zero-order chi connectivity index (χ0) is 16.5. The normalized spacial score (nSPS) is 6.82. The Morgan fingerprint density at radius 2 is 0.500 bits per heavy atom. The fraction of sp³-hybridized carbons (Fsp3) is 0. The van der Waals surface area contributed by atoms with Crippen molar-refractivity contribution in [2.75, 3.05) is 0 Å². The summed E-state index contributed by atoms with van der Waals surface area (Å²) in [5.41, 5.74) is 3.66. The van der Waals surface area contributed by atoms with Crippen molar-refractivity contribution in [1.29, 1.82) is 0 Å². The van der Waals surface area contributed by atoms with E-state index in [1.165, 1.54) is 0 Å². The number of hydrogen-bond acceptors (Lipinski definition) is 4. The second kappa shape index (κ2) is 31.4. The van der Waals surface area contributed by atoms with Gasteiger partial charge in [0.25, 0.3) is 0 Å². The molecule has 0 spiro atoms. The average molecular weight is 675 g/mol. The van der Waals surface area contributed by atoms with Gasteiger partial charge in [0.05, 0.1) is 22.8 Å². The van der Waals surface area contributed by atoms with Crippen molar-refractivity contribution in [2.45, 2.75) is 0 Å². The van der Waals surface area contributed by atoms with E-state index in [1.54, 1.807) is 24.8 Å². The Labute approximate surface area is 240 Å². The van der Waals surface area contributed by atoms with Gasteiger partial charge >= 0.3 is 34.1 Å². The second-order valence-corrected chi connectivity index (χ2v) is 4.86. The molecule has 206 valence electrons. The molecule has 0 amide bonds. The van der Waals surface area contributed by atoms with Crippen molar-refractivity contribution < 1.29 is 101 Å². The van der Waals surface area contributed by atoms with Crippen molar-refractivity contribution >= 4 is 0 Å². The SMILES string of the molecule is O.O.O.O.O.O.[Cu+].[Cu+].[Cu].[Cu].c1ccc(-c2ccccn2)nc1.c1ccc(-c2ccccn2)nc1. The topological polar surface area (TPSA) is 241 Å². The first-order valence-corrected chi connectivity index (χ1v) is 7.58. The van der Waals surface area contributed by atoms with Crippen LogP contribution in [0, 0.1) is 0 Å². The van der Waals surface area contributed by atoms with E-state index in [4.69, 9.17) is 0 Å². The molecule has 0 atom stereocenters. The molecule has 0 aromatic carbocycles. The number of pyridine rings is 4. The summed E-state index contributed by atoms with van der Waals surface area (Å²) >= 11 is 0. The van der Waals surface area contributed by atoms with Gasteiger partial charge < -0.3 is 32.9 Å². The monoisotopic (exact) mass is 672 g/mol. The van der Waals surface area contributed by atoms with Crippen LogP contribution in [0.15, 0.2) is 97.6 Å². The van der Waals surface area contributed by atoms with Gasteiger partial charge in [0.2, 0.25) is 0 Å². The molecule has 4 aromatic rings. The molecule has 14 heteroatoms. The van der Waals surface area contributed by atoms with Gasteiger partial charge in [0.1, 0.15) is 0 Å². The van der Waals surface area contributed by atoms with Crippen molar-refractivity contribution in [1.82, 2.24) is 19.9 Å². The molecule has 10 nitrogen and oxygen atoms in total. The van der Waals surface area contributed by atoms with Crippen LogP contribution in [-0.4, -0.2) is 52.8 Å². The van der Waals surface area contributed by atoms with E-state index in [9.17, 15) is 0 Å². The first-order valence-electron chi connectivity index (χ1n) is 7.58. The van der Waals surface area contributed by atoms with Gasteiger partial charge in [-0.15, -0.1) is 0 Å². The zero-order valence-corrected chi connectivity index (χ0v) is 21.0. The minimum Gasteiger partial charge on any atom is -0.412 e. The molecule has 0 fully saturated rings. The minimum atomic E-state index is 0. The predicted octanol–water partition coefficient (Wildman–Crippen LogP) is -0.671. The largest absolute Gasteiger partial charge is 1.00 e. The molecule has 2 radical (unpaired) electrons. The van der Waals surface area contributed by atoms with Crippen LogP contribution >= 0.6 is 0 Å². The fourth-order valence-corrected chi connectivity index (χ4v) is 2.06. The molecule has 4 aromatic heterocycles. The Morgan fingerprint density at radius 1 is 0.324 bits per heavy atom. The van der Waals surface area contributed by atoms with Crippen LogP contribution in [0.2, 0.25) is 0 Å². The van der Waals surface area contributed by atoms with E-state index in [0.717, 1.165) is 22.8 Å². The third-order valence-electron chi connectivity index (χ3n) is 3.18. The van der Waals surface area contributed by atoms with E-state index >= 15 is 0 Å². The van der Waals surface area contributed by atoms with Crippen LogP contribution in [0.1, 0.15) is 0 Å². The summed E-state index contributed by atoms with van der Waals surface area (Å²) < 4.78 is 0. The molecule has 0 unspecified atom stereocenters. The molecule has 0 aliphatic carbocycles. The average Bonchev–Trinajstić information content (AvgIpc) is 2.71. The summed E-state index contributed by atoms with van der Waals surface area (Å²) in [6.07, 6.45) is 7.07. The number of nitrogens with zero attached hydrogens (tertiary/aromatic N) is 4. The summed E-state index contributed by atoms with van der Waals surface area (Å²) in [6, 6.07) is 23.2. The third-order valence-corrected chi connectivity index (χ3v) is 3.18. The van der Waals surface area contributed by atoms with Gasteiger partial charge in [-0.05, 0) is 48.5 Å². The second-order valence-electron chi connectivity index (χ2n) is 4.86. The first kappa shape index (κ1) is 53.7. The molecular formula is C20H28Cu4N4O6+2. The van der Waals surface area contributed by atoms with Gasteiger partial charge in [-0.1, -0.05) is 24.3 Å². The molecule has 12 N–H and O–H groups in total. The van der Waals surface area contributed by atoms with Gasteiger partial charge in [-0.3, -0.25) is 19.9 Å². The first-order chi connectivity index (χ1) is 11.9. The van der Waals surface area contributed by atoms with E-state index < -0.39 is 0 Å². The summed E-state index contributed by atoms with van der Waals surface area (Å²) in [5.74, 6) is 0. The molecular weight excluding hydrogens is 646 g/mol. The molecule has 0 aliphatic heterocycles. The van der Waals surface area contributed by atoms with Gasteiger partial charge in [-0.25, -0.2) is 0 Å². The molecule has 0 saturated carbocycles. The molecule has 34 heavy (non-hydrogen) atoms. The van der Waals surface area contributed by atoms with Crippen LogP contribution < -0.4 is 0 Å². The van der Waals surface area contributed by atoms with Crippen molar-refractivity contribution in [3.63, 3.8) is 0 Å². The summed E-state index contributed by atoms with van der Waals surface area (Å²) in [5, 5.41) is 0. The molecule has 0 aliphatic rings. The Kier molecular flexibility index (Phi) is 49.6. The van der Waals surface area contributed by atoms with Crippen LogP contribution in [-0.2, 0) is 68.3 Å². The van der Waals surface area contributed by atoms with Crippen molar-refractivity contribution in [2.24, 2.45) is 0 Å². The van der Waals surface area contributed by atoms with Crippen LogP contribution in [0.5, 0.6) is 0 Å². The number of rotatable bonds is 2. The maximum atomic E-state index is 4.19. The van der Waals surface area contributed by atoms with Crippen LogP contribution in [0.4, 0.5) is 0 Å². The zero-order valence-electron chi connectivity index (χ0n) is 17.2. The summed E-state index contributed by atoms with van der Waals surface area (Å²) in [4.78, 5) is 16.7. The maximum absolute atomic E-state index is 4.19. The summed E-state index contributed by atoms with van der Waals surface area (Å²) in [7, 11) is 0. The quantitative estimate of drug-likeness (QED) is 0.251. The Hall–Kier alpha value is -1.56. The molecule has 0 bridgehead atoms. The molecule has 4 heterocycles. The minimum absolute atomic E-state index is 0. The van der Waals surface area contributed by atoms with E-state index in [-0.39, 0.29) is 101 Å². The molecule has 4 rings (SSSR count). The predicted molar refractivity (Wildman–Crippen MR) is 117 cm³/mol. The summed E-state index contributed by atoms with van der Waals surface area (Å²) in [6.45, 7) is 0. The van der Waals surface area contributed by atoms with Gasteiger partial charge in [0.15, 0.2) is 0 Å². The smallest absolute Gasteiger partial charge is 0.412 e. The Bertz CT molecular complexity index is 725. The van der Waals surface area contributed by atoms with Crippen LogP contribution in [0.3, 0.4) is 0 Å². The van der Waals surface area contributed by atoms with Gasteiger partial charge in [0, 0.05) is 58.9 Å². The third kappa shape index (κ3) is 17.9.